The third-order valence-electron chi connectivity index (χ3n) is 2.94. The van der Waals surface area contributed by atoms with E-state index in [1.807, 2.05) is 13.8 Å². The molecular formula is C14H24O4. The summed E-state index contributed by atoms with van der Waals surface area (Å²) in [5.41, 5.74) is 0. The summed E-state index contributed by atoms with van der Waals surface area (Å²) in [6, 6.07) is 0. The molecule has 2 atom stereocenters. The Morgan fingerprint density at radius 2 is 1.94 bits per heavy atom. The van der Waals surface area contributed by atoms with Crippen LogP contribution in [0.3, 0.4) is 0 Å². The smallest absolute Gasteiger partial charge is 0.374 e. The first-order valence-corrected chi connectivity index (χ1v) is 6.44. The molecule has 0 saturated heterocycles. The van der Waals surface area contributed by atoms with Crippen molar-refractivity contribution in [2.45, 2.75) is 33.1 Å². The van der Waals surface area contributed by atoms with E-state index >= 15 is 0 Å². The fraction of sp³-hybridized carbons (Fsp3) is 0.714. The summed E-state index contributed by atoms with van der Waals surface area (Å²) >= 11 is 0. The molecule has 0 aromatic carbocycles. The maximum Gasteiger partial charge on any atom is 0.374 e. The van der Waals surface area contributed by atoms with Gasteiger partial charge >= 0.3 is 5.97 Å². The molecule has 18 heavy (non-hydrogen) atoms. The number of hydrogen-bond acceptors (Lipinski definition) is 4. The van der Waals surface area contributed by atoms with Crippen LogP contribution in [0.4, 0.5) is 0 Å². The fourth-order valence-corrected chi connectivity index (χ4v) is 1.94. The van der Waals surface area contributed by atoms with Crippen LogP contribution in [0.5, 0.6) is 0 Å². The molecule has 0 saturated carbocycles. The van der Waals surface area contributed by atoms with Crippen molar-refractivity contribution in [1.29, 1.82) is 0 Å². The number of ether oxygens (including phenoxy) is 2. The van der Waals surface area contributed by atoms with Crippen LogP contribution in [0.2, 0.25) is 0 Å². The highest BCUT2D eigenvalue weighted by Crippen LogP contribution is 2.23. The molecule has 0 fully saturated rings. The van der Waals surface area contributed by atoms with E-state index in [2.05, 4.69) is 6.58 Å². The van der Waals surface area contributed by atoms with E-state index in [9.17, 15) is 9.59 Å². The lowest BCUT2D eigenvalue weighted by Crippen LogP contribution is -2.31. The average molecular weight is 256 g/mol. The molecule has 4 nitrogen and oxygen atoms in total. The van der Waals surface area contributed by atoms with Gasteiger partial charge in [0.15, 0.2) is 0 Å². The van der Waals surface area contributed by atoms with Crippen molar-refractivity contribution in [3.63, 3.8) is 0 Å². The van der Waals surface area contributed by atoms with Crippen LogP contribution < -0.4 is 0 Å². The molecule has 0 aliphatic heterocycles. The lowest BCUT2D eigenvalue weighted by atomic mass is 9.83. The van der Waals surface area contributed by atoms with Crippen LogP contribution in [0.25, 0.3) is 0 Å². The molecule has 0 aromatic rings. The van der Waals surface area contributed by atoms with Gasteiger partial charge in [-0.1, -0.05) is 26.3 Å². The summed E-state index contributed by atoms with van der Waals surface area (Å²) in [7, 11) is 1.51. The van der Waals surface area contributed by atoms with E-state index in [-0.39, 0.29) is 18.4 Å². The molecule has 0 aliphatic rings. The number of rotatable bonds is 10. The first-order valence-electron chi connectivity index (χ1n) is 6.44. The monoisotopic (exact) mass is 256 g/mol. The minimum Gasteiger partial charge on any atom is -0.457 e. The van der Waals surface area contributed by atoms with E-state index in [1.165, 1.54) is 7.11 Å². The highest BCUT2D eigenvalue weighted by molar-refractivity contribution is 6.34. The zero-order chi connectivity index (χ0) is 14.0. The van der Waals surface area contributed by atoms with Crippen molar-refractivity contribution >= 4 is 11.8 Å². The lowest BCUT2D eigenvalue weighted by molar-refractivity contribution is -0.157. The number of carbonyl (C=O) groups excluding carboxylic acids is 2. The first-order chi connectivity index (χ1) is 8.62. The number of carbonyl (C=O) groups is 2. The van der Waals surface area contributed by atoms with Gasteiger partial charge in [0.2, 0.25) is 5.78 Å². The second-order valence-electron chi connectivity index (χ2n) is 4.20. The van der Waals surface area contributed by atoms with E-state index in [4.69, 9.17) is 9.47 Å². The standard InChI is InChI=1S/C14H24O4/c1-5-8-11(6-2)12(7-3)13(15)14(16)18-10-9-17-4/h6,11-12H,2,5,7-10H2,1,3-4H3/t11-,12-/m0/s1. The quantitative estimate of drug-likeness (QED) is 0.261. The van der Waals surface area contributed by atoms with Gasteiger partial charge in [0.25, 0.3) is 0 Å². The molecule has 4 heteroatoms. The molecule has 0 spiro atoms. The Labute approximate surface area is 109 Å². The van der Waals surface area contributed by atoms with Crippen LogP contribution in [0, 0.1) is 11.8 Å². The summed E-state index contributed by atoms with van der Waals surface area (Å²) in [5.74, 6) is -1.49. The topological polar surface area (TPSA) is 52.6 Å². The molecule has 0 unspecified atom stereocenters. The van der Waals surface area contributed by atoms with Crippen molar-refractivity contribution in [3.8, 4) is 0 Å². The largest absolute Gasteiger partial charge is 0.457 e. The number of hydrogen-bond donors (Lipinski definition) is 0. The number of esters is 1. The predicted molar refractivity (Wildman–Crippen MR) is 70.2 cm³/mol. The van der Waals surface area contributed by atoms with Crippen LogP contribution in [0.15, 0.2) is 12.7 Å². The molecule has 104 valence electrons. The Kier molecular flexibility index (Phi) is 9.19. The molecule has 0 rings (SSSR count). The van der Waals surface area contributed by atoms with E-state index in [0.717, 1.165) is 12.8 Å². The Morgan fingerprint density at radius 1 is 1.28 bits per heavy atom. The van der Waals surface area contributed by atoms with Gasteiger partial charge in [-0.15, -0.1) is 6.58 Å². The predicted octanol–water partition coefficient (Wildman–Crippen LogP) is 2.37. The van der Waals surface area contributed by atoms with E-state index < -0.39 is 11.8 Å². The van der Waals surface area contributed by atoms with Crippen LogP contribution in [-0.2, 0) is 19.1 Å². The van der Waals surface area contributed by atoms with Crippen LogP contribution in [0.1, 0.15) is 33.1 Å². The van der Waals surface area contributed by atoms with Gasteiger partial charge in [-0.2, -0.15) is 0 Å². The summed E-state index contributed by atoms with van der Waals surface area (Å²) in [4.78, 5) is 23.6. The number of ketones is 1. The zero-order valence-corrected chi connectivity index (χ0v) is 11.6. The van der Waals surface area contributed by atoms with Crippen molar-refractivity contribution in [1.82, 2.24) is 0 Å². The SMILES string of the molecule is C=C[C@@H](CCC)[C@H](CC)C(=O)C(=O)OCCOC. The molecule has 0 heterocycles. The minimum absolute atomic E-state index is 0.0440. The van der Waals surface area contributed by atoms with Crippen LogP contribution >= 0.6 is 0 Å². The third-order valence-corrected chi connectivity index (χ3v) is 2.94. The Morgan fingerprint density at radius 3 is 2.39 bits per heavy atom. The number of methoxy groups -OCH3 is 1. The molecule has 0 amide bonds. The number of allylic oxidation sites excluding steroid dienone is 1. The van der Waals surface area contributed by atoms with Gasteiger partial charge in [0.1, 0.15) is 6.61 Å². The minimum atomic E-state index is -0.762. The summed E-state index contributed by atoms with van der Waals surface area (Å²) in [6.07, 6.45) is 4.20. The van der Waals surface area contributed by atoms with Crippen molar-refractivity contribution in [3.05, 3.63) is 12.7 Å². The molecule has 0 aliphatic carbocycles. The normalized spacial score (nSPS) is 13.7. The lowest BCUT2D eigenvalue weighted by Gasteiger charge is -2.20. The van der Waals surface area contributed by atoms with E-state index in [0.29, 0.717) is 13.0 Å². The van der Waals surface area contributed by atoms with Crippen molar-refractivity contribution in [2.24, 2.45) is 11.8 Å². The summed E-state index contributed by atoms with van der Waals surface area (Å²) in [5, 5.41) is 0. The Balaban J connectivity index is 4.48. The van der Waals surface area contributed by atoms with Gasteiger partial charge in [-0.25, -0.2) is 4.79 Å². The molecular weight excluding hydrogens is 232 g/mol. The molecule has 0 N–H and O–H groups in total. The van der Waals surface area contributed by atoms with Crippen molar-refractivity contribution < 1.29 is 19.1 Å². The van der Waals surface area contributed by atoms with Crippen LogP contribution in [-0.4, -0.2) is 32.1 Å². The fourth-order valence-electron chi connectivity index (χ4n) is 1.94. The molecule has 0 aromatic heterocycles. The zero-order valence-electron chi connectivity index (χ0n) is 11.6. The van der Waals surface area contributed by atoms with Gasteiger partial charge in [0.05, 0.1) is 6.61 Å². The van der Waals surface area contributed by atoms with E-state index in [1.54, 1.807) is 6.08 Å². The molecule has 0 bridgehead atoms. The molecule has 0 radical (unpaired) electrons. The van der Waals surface area contributed by atoms with Gasteiger partial charge in [0, 0.05) is 13.0 Å². The number of Topliss-reactive ketones (excluding diaryl/α,β-unsaturated/α-hetero) is 1. The third kappa shape index (κ3) is 5.45. The summed E-state index contributed by atoms with van der Waals surface area (Å²) in [6.45, 7) is 8.10. The maximum atomic E-state index is 12.0. The average Bonchev–Trinajstić information content (AvgIpc) is 2.38. The second kappa shape index (κ2) is 9.83. The second-order valence-corrected chi connectivity index (χ2v) is 4.20. The van der Waals surface area contributed by atoms with Crippen molar-refractivity contribution in [2.75, 3.05) is 20.3 Å². The van der Waals surface area contributed by atoms with Gasteiger partial charge in [-0.3, -0.25) is 4.79 Å². The maximum absolute atomic E-state index is 12.0. The van der Waals surface area contributed by atoms with Gasteiger partial charge < -0.3 is 9.47 Å². The Bertz CT molecular complexity index is 273. The van der Waals surface area contributed by atoms with Gasteiger partial charge in [-0.05, 0) is 18.8 Å². The highest BCUT2D eigenvalue weighted by Gasteiger charge is 2.30. The highest BCUT2D eigenvalue weighted by atomic mass is 16.6. The summed E-state index contributed by atoms with van der Waals surface area (Å²) < 4.78 is 9.61. The first kappa shape index (κ1) is 16.8. The Hall–Kier alpha value is -1.16.